The van der Waals surface area contributed by atoms with Crippen molar-refractivity contribution < 1.29 is 0 Å². The molecule has 0 amide bonds. The maximum Gasteiger partial charge on any atom is 0.182 e. The van der Waals surface area contributed by atoms with Crippen LogP contribution in [0.15, 0.2) is 200 Å². The van der Waals surface area contributed by atoms with Crippen molar-refractivity contribution in [3.05, 3.63) is 212 Å². The van der Waals surface area contributed by atoms with E-state index >= 15 is 0 Å². The fourth-order valence-corrected chi connectivity index (χ4v) is 9.08. The second kappa shape index (κ2) is 12.9. The van der Waals surface area contributed by atoms with E-state index in [0.717, 1.165) is 73.3 Å². The Morgan fingerprint density at radius 1 is 0.466 bits per heavy atom. The molecule has 0 bridgehead atoms. The molecule has 272 valence electrons. The van der Waals surface area contributed by atoms with Gasteiger partial charge in [0, 0.05) is 39.8 Å². The molecule has 6 nitrogen and oxygen atoms in total. The Hall–Kier alpha value is -7.83. The third-order valence-corrected chi connectivity index (χ3v) is 11.6. The normalized spacial score (nSPS) is 14.0. The first kappa shape index (κ1) is 32.4. The number of aromatic nitrogens is 4. The summed E-state index contributed by atoms with van der Waals surface area (Å²) in [6, 6.07) is 60.6. The zero-order valence-corrected chi connectivity index (χ0v) is 31.4. The molecule has 12 rings (SSSR count). The van der Waals surface area contributed by atoms with Crippen LogP contribution < -0.4 is 4.90 Å². The molecule has 0 N–H and O–H groups in total. The van der Waals surface area contributed by atoms with Gasteiger partial charge in [-0.25, -0.2) is 15.0 Å². The number of anilines is 1. The molecular weight excluding hydrogens is 709 g/mol. The van der Waals surface area contributed by atoms with Gasteiger partial charge in [-0.05, 0) is 93.0 Å². The molecular formula is C52H34N6. The van der Waals surface area contributed by atoms with Crippen molar-refractivity contribution in [2.75, 3.05) is 11.4 Å². The van der Waals surface area contributed by atoms with Gasteiger partial charge in [0.1, 0.15) is 17.8 Å². The second-order valence-electron chi connectivity index (χ2n) is 14.9. The predicted octanol–water partition coefficient (Wildman–Crippen LogP) is 12.2. The Bertz CT molecular complexity index is 3380. The van der Waals surface area contributed by atoms with Crippen LogP contribution in [0, 0.1) is 0 Å². The van der Waals surface area contributed by atoms with Crippen LogP contribution in [0.4, 0.5) is 5.69 Å². The van der Waals surface area contributed by atoms with Crippen LogP contribution in [0.3, 0.4) is 0 Å². The standard InChI is InChI=1S/C52H34N6/c1-3-18-39(19-4-1)57-45-24-12-11-23-42(45)44-31-38-30-36-17-9-10-22-41(36)48(43(38)32-46(44)57)51-53-33-54-52(55-51)50-49(37-27-26-34-15-7-8-16-35(34)29-37)56-28-14-13-25-47(56)58(50)40-20-5-2-6-21-40/h1-27,29-33H,28H2. The van der Waals surface area contributed by atoms with Crippen molar-refractivity contribution >= 4 is 71.2 Å². The number of benzene rings is 8. The van der Waals surface area contributed by atoms with Crippen molar-refractivity contribution in [3.8, 4) is 17.1 Å². The predicted molar refractivity (Wildman–Crippen MR) is 238 cm³/mol. The smallest absolute Gasteiger partial charge is 0.182 e. The third kappa shape index (κ3) is 4.95. The molecule has 0 spiro atoms. The lowest BCUT2D eigenvalue weighted by Gasteiger charge is -2.28. The molecule has 0 saturated carbocycles. The number of hydrogen-bond acceptors (Lipinski definition) is 5. The number of para-hydroxylation sites is 3. The van der Waals surface area contributed by atoms with Crippen LogP contribution in [-0.4, -0.2) is 31.0 Å². The Morgan fingerprint density at radius 3 is 2.02 bits per heavy atom. The topological polar surface area (TPSA) is 50.1 Å². The Labute approximate surface area is 334 Å². The molecule has 10 aromatic rings. The van der Waals surface area contributed by atoms with Crippen LogP contribution in [0.5, 0.6) is 0 Å². The zero-order chi connectivity index (χ0) is 38.2. The fourth-order valence-electron chi connectivity index (χ4n) is 9.08. The van der Waals surface area contributed by atoms with E-state index in [4.69, 9.17) is 15.0 Å². The number of allylic oxidation sites excluding steroid dienone is 2. The van der Waals surface area contributed by atoms with E-state index in [1.165, 1.54) is 27.1 Å². The van der Waals surface area contributed by atoms with Gasteiger partial charge in [-0.2, -0.15) is 0 Å². The summed E-state index contributed by atoms with van der Waals surface area (Å²) in [5, 5.41) is 9.25. The number of rotatable bonds is 5. The van der Waals surface area contributed by atoms with E-state index < -0.39 is 0 Å². The average Bonchev–Trinajstić information content (AvgIpc) is 3.81. The Kier molecular flexibility index (Phi) is 7.19. The molecule has 0 unspecified atom stereocenters. The molecule has 2 aliphatic rings. The van der Waals surface area contributed by atoms with Crippen LogP contribution >= 0.6 is 0 Å². The van der Waals surface area contributed by atoms with E-state index in [-0.39, 0.29) is 0 Å². The highest BCUT2D eigenvalue weighted by molar-refractivity contribution is 6.19. The lowest BCUT2D eigenvalue weighted by Crippen LogP contribution is -2.27. The van der Waals surface area contributed by atoms with E-state index in [9.17, 15) is 0 Å². The number of nitrogens with zero attached hydrogens (tertiary/aromatic N) is 6. The lowest BCUT2D eigenvalue weighted by atomic mass is 9.95. The van der Waals surface area contributed by atoms with Crippen LogP contribution in [0.25, 0.3) is 82.6 Å². The third-order valence-electron chi connectivity index (χ3n) is 11.6. The summed E-state index contributed by atoms with van der Waals surface area (Å²) in [5.74, 6) is 2.29. The van der Waals surface area contributed by atoms with Crippen molar-refractivity contribution in [1.82, 2.24) is 24.4 Å². The largest absolute Gasteiger partial charge is 0.321 e. The highest BCUT2D eigenvalue weighted by atomic mass is 15.4. The van der Waals surface area contributed by atoms with E-state index in [1.54, 1.807) is 6.33 Å². The summed E-state index contributed by atoms with van der Waals surface area (Å²) in [4.78, 5) is 20.2. The average molecular weight is 743 g/mol. The first-order valence-electron chi connectivity index (χ1n) is 19.7. The van der Waals surface area contributed by atoms with Gasteiger partial charge in [-0.15, -0.1) is 0 Å². The van der Waals surface area contributed by atoms with Crippen molar-refractivity contribution in [2.45, 2.75) is 0 Å². The zero-order valence-electron chi connectivity index (χ0n) is 31.4. The molecule has 0 radical (unpaired) electrons. The van der Waals surface area contributed by atoms with Gasteiger partial charge in [0.15, 0.2) is 11.6 Å². The molecule has 0 fully saturated rings. The summed E-state index contributed by atoms with van der Waals surface area (Å²) in [6.07, 6.45) is 8.21. The van der Waals surface area contributed by atoms with Crippen LogP contribution in [0.1, 0.15) is 11.4 Å². The van der Waals surface area contributed by atoms with Crippen LogP contribution in [0.2, 0.25) is 0 Å². The minimum Gasteiger partial charge on any atom is -0.321 e. The first-order valence-corrected chi connectivity index (χ1v) is 19.7. The molecule has 8 aromatic carbocycles. The quantitative estimate of drug-likeness (QED) is 0.164. The second-order valence-corrected chi connectivity index (χ2v) is 14.9. The Morgan fingerprint density at radius 2 is 1.17 bits per heavy atom. The van der Waals surface area contributed by atoms with E-state index in [1.807, 2.05) is 0 Å². The maximum atomic E-state index is 5.50. The maximum absolute atomic E-state index is 5.50. The van der Waals surface area contributed by atoms with Crippen molar-refractivity contribution in [1.29, 1.82) is 0 Å². The molecule has 0 saturated heterocycles. The van der Waals surface area contributed by atoms with E-state index in [0.29, 0.717) is 11.6 Å². The van der Waals surface area contributed by atoms with Gasteiger partial charge in [0.05, 0.1) is 16.7 Å². The molecule has 0 atom stereocenters. The Balaban J connectivity index is 1.15. The molecule has 6 heteroatoms. The SMILES string of the molecule is C1=CCN2C(=C1)N(c1ccccc1)C(c1ncnc(-c3c4ccccc4cc4cc5c6ccccc6n(-c6ccccc6)c5cc34)n1)=C2c1ccc2ccccc2c1. The summed E-state index contributed by atoms with van der Waals surface area (Å²) in [5.41, 5.74) is 8.51. The minimum atomic E-state index is 0.605. The molecule has 58 heavy (non-hydrogen) atoms. The van der Waals surface area contributed by atoms with E-state index in [2.05, 4.69) is 202 Å². The highest BCUT2D eigenvalue weighted by Crippen LogP contribution is 2.47. The summed E-state index contributed by atoms with van der Waals surface area (Å²) in [6.45, 7) is 0.720. The molecule has 0 aliphatic carbocycles. The van der Waals surface area contributed by atoms with Gasteiger partial charge >= 0.3 is 0 Å². The minimum absolute atomic E-state index is 0.605. The van der Waals surface area contributed by atoms with Crippen molar-refractivity contribution in [3.63, 3.8) is 0 Å². The van der Waals surface area contributed by atoms with Gasteiger partial charge < -0.3 is 9.47 Å². The molecule has 4 heterocycles. The monoisotopic (exact) mass is 742 g/mol. The van der Waals surface area contributed by atoms with Crippen LogP contribution in [-0.2, 0) is 0 Å². The van der Waals surface area contributed by atoms with Gasteiger partial charge in [-0.3, -0.25) is 4.90 Å². The lowest BCUT2D eigenvalue weighted by molar-refractivity contribution is 0.546. The van der Waals surface area contributed by atoms with Crippen molar-refractivity contribution in [2.24, 2.45) is 0 Å². The van der Waals surface area contributed by atoms with Gasteiger partial charge in [0.25, 0.3) is 0 Å². The number of hydrogen-bond donors (Lipinski definition) is 0. The molecule has 2 aliphatic heterocycles. The van der Waals surface area contributed by atoms with Gasteiger partial charge in [-0.1, -0.05) is 127 Å². The van der Waals surface area contributed by atoms with Gasteiger partial charge in [0.2, 0.25) is 0 Å². The summed E-state index contributed by atoms with van der Waals surface area (Å²) in [7, 11) is 0. The summed E-state index contributed by atoms with van der Waals surface area (Å²) < 4.78 is 2.37. The fraction of sp³-hybridized carbons (Fsp3) is 0.0192. The highest BCUT2D eigenvalue weighted by Gasteiger charge is 2.38. The summed E-state index contributed by atoms with van der Waals surface area (Å²) >= 11 is 0. The number of fused-ring (bicyclic) bond motifs is 7. The first-order chi connectivity index (χ1) is 28.8. The molecule has 2 aromatic heterocycles.